The van der Waals surface area contributed by atoms with E-state index >= 15 is 4.39 Å². The number of nitrogens with one attached hydrogen (secondary N) is 3. The van der Waals surface area contributed by atoms with Gasteiger partial charge in [-0.3, -0.25) is 14.4 Å². The van der Waals surface area contributed by atoms with Crippen LogP contribution < -0.4 is 21.7 Å². The number of alkyl carbamates (subject to hydrolysis) is 1. The fourth-order valence-electron chi connectivity index (χ4n) is 6.83. The number of nitrogens with two attached hydrogens (primary N) is 1. The van der Waals surface area contributed by atoms with Gasteiger partial charge in [-0.2, -0.15) is 39.3 Å². The number of ether oxygens (including phenoxy) is 2. The van der Waals surface area contributed by atoms with Crippen LogP contribution in [-0.2, 0) is 35.2 Å². The van der Waals surface area contributed by atoms with E-state index in [0.29, 0.717) is 17.8 Å². The van der Waals surface area contributed by atoms with E-state index in [1.807, 2.05) is 55.7 Å². The van der Waals surface area contributed by atoms with Crippen LogP contribution in [0.15, 0.2) is 60.8 Å². The number of carbonyl (C=O) groups excluding carboxylic acids is 5. The lowest BCUT2D eigenvalue weighted by Gasteiger charge is -2.41. The second kappa shape index (κ2) is 24.4. The molecule has 3 atom stereocenters. The number of nitrogens with zero attached hydrogens (tertiary/aromatic N) is 2. The van der Waals surface area contributed by atoms with Crippen molar-refractivity contribution in [1.82, 2.24) is 25.4 Å². The largest absolute Gasteiger partial charge is 0.467 e. The van der Waals surface area contributed by atoms with Crippen molar-refractivity contribution in [2.24, 2.45) is 11.1 Å². The number of esters is 1. The highest BCUT2D eigenvalue weighted by molar-refractivity contribution is 6.76. The summed E-state index contributed by atoms with van der Waals surface area (Å²) in [6.45, 7) is 18.7. The van der Waals surface area contributed by atoms with Crippen LogP contribution in [-0.4, -0.2) is 112 Å². The van der Waals surface area contributed by atoms with Gasteiger partial charge in [0.25, 0.3) is 0 Å². The maximum absolute atomic E-state index is 15.1. The molecule has 0 bridgehead atoms. The summed E-state index contributed by atoms with van der Waals surface area (Å²) in [6, 6.07) is 13.1. The van der Waals surface area contributed by atoms with Crippen molar-refractivity contribution in [3.05, 3.63) is 83.7 Å². The minimum absolute atomic E-state index is 0.00426. The van der Waals surface area contributed by atoms with Gasteiger partial charge in [0.2, 0.25) is 17.7 Å². The standard InChI is InChI=1S/C46H70F2N6O8Si2/c1-46(2,3)42(39-27-33(35-28-34(47)15-16-36(35)48)30-53(39)29-32-13-11-10-12-14-32)54(41(57)31-55)22-19-37(49)43(58)51-21-20-50-40(56)18-17-38(44(59)61-23-25-63(4,5)6)52-45(60)62-24-26-64(7,8)9/h10-16,27-28,30,37-38,42,55H,17-26,29,31,49H2,1-9H3,(H,50,56)(H,51,58)(H,52,60)/q-2/t37-,38-,42-/m0/s1. The molecular weight excluding hydrogens is 859 g/mol. The third kappa shape index (κ3) is 18.3. The van der Waals surface area contributed by atoms with E-state index in [4.69, 9.17) is 15.2 Å². The zero-order chi connectivity index (χ0) is 47.8. The van der Waals surface area contributed by atoms with E-state index in [-0.39, 0.29) is 57.7 Å². The van der Waals surface area contributed by atoms with E-state index in [2.05, 4.69) is 55.2 Å². The van der Waals surface area contributed by atoms with E-state index in [9.17, 15) is 33.5 Å². The highest BCUT2D eigenvalue weighted by Gasteiger charge is 2.37. The van der Waals surface area contributed by atoms with Crippen molar-refractivity contribution in [3.63, 3.8) is 0 Å². The van der Waals surface area contributed by atoms with Gasteiger partial charge >= 0.3 is 12.1 Å². The van der Waals surface area contributed by atoms with Crippen molar-refractivity contribution in [2.45, 2.75) is 116 Å². The Morgan fingerprint density at radius 2 is 1.48 bits per heavy atom. The number of aliphatic hydroxyl groups excluding tert-OH is 1. The van der Waals surface area contributed by atoms with Gasteiger partial charge in [-0.05, 0) is 48.1 Å². The van der Waals surface area contributed by atoms with Crippen molar-refractivity contribution in [1.29, 1.82) is 0 Å². The van der Waals surface area contributed by atoms with Crippen LogP contribution in [0.1, 0.15) is 57.3 Å². The smallest absolute Gasteiger partial charge is 0.407 e. The minimum atomic E-state index is -1.49. The summed E-state index contributed by atoms with van der Waals surface area (Å²) in [5, 5.41) is 18.1. The Morgan fingerprint density at radius 1 is 0.859 bits per heavy atom. The first-order valence-corrected chi connectivity index (χ1v) is 29.3. The Bertz CT molecular complexity index is 2020. The molecule has 3 aromatic rings. The molecule has 1 aromatic heterocycles. The van der Waals surface area contributed by atoms with Gasteiger partial charge in [0.1, 0.15) is 24.3 Å². The van der Waals surface area contributed by atoms with Crippen LogP contribution in [0.2, 0.25) is 51.4 Å². The van der Waals surface area contributed by atoms with Gasteiger partial charge in [0.15, 0.2) is 0 Å². The number of hydrogen-bond acceptors (Lipinski definition) is 9. The molecule has 4 amide bonds. The fraction of sp³-hybridized carbons (Fsp3) is 0.543. The first-order chi connectivity index (χ1) is 29.9. The van der Waals surface area contributed by atoms with Crippen molar-refractivity contribution in [2.75, 3.05) is 39.5 Å². The molecular formula is C46H70F2N6O8Si2-2. The summed E-state index contributed by atoms with van der Waals surface area (Å²) in [7, 11) is -2.96. The first-order valence-electron chi connectivity index (χ1n) is 21.9. The normalized spacial score (nSPS) is 13.3. The van der Waals surface area contributed by atoms with Crippen molar-refractivity contribution >= 4 is 45.9 Å². The molecule has 18 heteroatoms. The molecule has 64 heavy (non-hydrogen) atoms. The van der Waals surface area contributed by atoms with E-state index in [1.54, 1.807) is 12.3 Å². The van der Waals surface area contributed by atoms with Gasteiger partial charge in [-0.25, -0.2) is 18.4 Å². The van der Waals surface area contributed by atoms with Crippen LogP contribution in [0, 0.1) is 17.0 Å². The number of hydrogen-bond donors (Lipinski definition) is 5. The zero-order valence-corrected chi connectivity index (χ0v) is 41.0. The third-order valence-electron chi connectivity index (χ3n) is 10.4. The fourth-order valence-corrected chi connectivity index (χ4v) is 8.26. The van der Waals surface area contributed by atoms with Crippen LogP contribution >= 0.6 is 0 Å². The lowest BCUT2D eigenvalue weighted by molar-refractivity contribution is -0.145. The van der Waals surface area contributed by atoms with Crippen molar-refractivity contribution < 1.29 is 47.3 Å². The summed E-state index contributed by atoms with van der Waals surface area (Å²) >= 11 is 0. The Morgan fingerprint density at radius 3 is 2.09 bits per heavy atom. The first kappa shape index (κ1) is 53.4. The summed E-state index contributed by atoms with van der Waals surface area (Å²) < 4.78 is 42.1. The molecule has 1 heterocycles. The maximum Gasteiger partial charge on any atom is 0.407 e. The molecule has 0 aliphatic rings. The number of halogens is 2. The molecule has 3 rings (SSSR count). The molecule has 0 aliphatic carbocycles. The molecule has 14 nitrogen and oxygen atoms in total. The predicted octanol–water partition coefficient (Wildman–Crippen LogP) is 6.43. The second-order valence-electron chi connectivity index (χ2n) is 19.6. The van der Waals surface area contributed by atoms with Crippen LogP contribution in [0.4, 0.5) is 13.6 Å². The Balaban J connectivity index is 1.65. The Labute approximate surface area is 379 Å². The second-order valence-corrected chi connectivity index (χ2v) is 30.8. The Kier molecular flexibility index (Phi) is 20.4. The number of aromatic nitrogens is 1. The number of carbonyl (C=O) groups is 5. The van der Waals surface area contributed by atoms with Gasteiger partial charge in [-0.15, -0.1) is 28.2 Å². The van der Waals surface area contributed by atoms with Gasteiger partial charge < -0.3 is 45.7 Å². The molecule has 356 valence electrons. The number of amides is 4. The lowest BCUT2D eigenvalue weighted by atomic mass is 9.82. The van der Waals surface area contributed by atoms with Crippen LogP contribution in [0.25, 0.3) is 11.1 Å². The summed E-state index contributed by atoms with van der Waals surface area (Å²) in [5.41, 5.74) is 7.64. The molecule has 0 unspecified atom stereocenters. The molecule has 0 spiro atoms. The minimum Gasteiger partial charge on any atom is -0.467 e. The monoisotopic (exact) mass is 928 g/mol. The van der Waals surface area contributed by atoms with E-state index < -0.39 is 87.7 Å². The average Bonchev–Trinajstić information content (AvgIpc) is 3.60. The number of benzene rings is 2. The molecule has 0 saturated heterocycles. The zero-order valence-electron chi connectivity index (χ0n) is 39.0. The SMILES string of the molecule is CC(C)(C)[C@H](c1cc(-c2cc(F)ccc2F)cn1Cc1ccccc1)N(CC[C@H](N)C(=O)NCCNC(=O)CC[C@H](NC(=O)OCC[Si-](C)(C)C)C(=O)OCC[Si-](C)(C)C)C(=O)CO. The number of aliphatic hydroxyl groups is 1. The van der Waals surface area contributed by atoms with Crippen LogP contribution in [0.3, 0.4) is 0 Å². The topological polar surface area (TPSA) is 194 Å². The number of rotatable bonds is 24. The highest BCUT2D eigenvalue weighted by Crippen LogP contribution is 2.41. The summed E-state index contributed by atoms with van der Waals surface area (Å²) in [4.78, 5) is 66.5. The quantitative estimate of drug-likeness (QED) is 0.0382. The van der Waals surface area contributed by atoms with E-state index in [0.717, 1.165) is 35.9 Å². The molecule has 0 saturated carbocycles. The van der Waals surface area contributed by atoms with E-state index in [1.165, 1.54) is 4.90 Å². The molecule has 2 aromatic carbocycles. The summed E-state index contributed by atoms with van der Waals surface area (Å²) in [5.74, 6) is -3.43. The average molecular weight is 929 g/mol. The van der Waals surface area contributed by atoms with Gasteiger partial charge in [0, 0.05) is 55.6 Å². The summed E-state index contributed by atoms with van der Waals surface area (Å²) in [6.07, 6.45) is 0.811. The van der Waals surface area contributed by atoms with Gasteiger partial charge in [-0.1, -0.05) is 51.1 Å². The Hall–Kier alpha value is -4.92. The molecule has 0 aliphatic heterocycles. The van der Waals surface area contributed by atoms with Gasteiger partial charge in [0.05, 0.1) is 25.3 Å². The van der Waals surface area contributed by atoms with Crippen LogP contribution in [0.5, 0.6) is 0 Å². The lowest BCUT2D eigenvalue weighted by Crippen LogP contribution is -2.48. The molecule has 0 radical (unpaired) electrons. The molecule has 6 N–H and O–H groups in total. The van der Waals surface area contributed by atoms with Crippen molar-refractivity contribution in [3.8, 4) is 11.1 Å². The maximum atomic E-state index is 15.1. The molecule has 0 fully saturated rings. The highest BCUT2D eigenvalue weighted by atomic mass is 28.3. The third-order valence-corrected chi connectivity index (χ3v) is 13.8. The predicted molar refractivity (Wildman–Crippen MR) is 250 cm³/mol.